The van der Waals surface area contributed by atoms with Crippen LogP contribution in [-0.4, -0.2) is 50.2 Å². The zero-order chi connectivity index (χ0) is 25.8. The van der Waals surface area contributed by atoms with Gasteiger partial charge in [0.1, 0.15) is 6.07 Å². The van der Waals surface area contributed by atoms with E-state index in [2.05, 4.69) is 21.3 Å². The Balaban J connectivity index is 1.35. The van der Waals surface area contributed by atoms with Crippen LogP contribution in [0.4, 0.5) is 27.6 Å². The highest BCUT2D eigenvalue weighted by Gasteiger charge is 2.41. The Morgan fingerprint density at radius 3 is 2.58 bits per heavy atom. The number of fused-ring (bicyclic) bond motifs is 2. The van der Waals surface area contributed by atoms with Gasteiger partial charge in [-0.25, -0.2) is 8.78 Å². The average molecular weight is 505 g/mol. The van der Waals surface area contributed by atoms with E-state index in [0.717, 1.165) is 16.7 Å². The summed E-state index contributed by atoms with van der Waals surface area (Å²) in [6.45, 7) is 2.61. The molecule has 2 aliphatic heterocycles. The lowest BCUT2D eigenvalue weighted by molar-refractivity contribution is -0.148. The number of nitrogens with zero attached hydrogens (tertiary/aromatic N) is 7. The minimum atomic E-state index is -4.62. The van der Waals surface area contributed by atoms with Crippen molar-refractivity contribution in [3.8, 4) is 6.07 Å². The Hall–Kier alpha value is -3.82. The van der Waals surface area contributed by atoms with Crippen molar-refractivity contribution in [1.29, 1.82) is 5.26 Å². The van der Waals surface area contributed by atoms with E-state index in [1.54, 1.807) is 0 Å². The first-order chi connectivity index (χ1) is 17.1. The van der Waals surface area contributed by atoms with Gasteiger partial charge in [-0.15, -0.1) is 10.2 Å². The van der Waals surface area contributed by atoms with Gasteiger partial charge in [-0.2, -0.15) is 18.4 Å². The molecule has 2 atom stereocenters. The van der Waals surface area contributed by atoms with Crippen LogP contribution in [0.5, 0.6) is 0 Å². The monoisotopic (exact) mass is 505 g/mol. The van der Waals surface area contributed by atoms with Crippen LogP contribution in [0.15, 0.2) is 18.3 Å². The second-order valence-electron chi connectivity index (χ2n) is 9.08. The number of nitriles is 1. The summed E-state index contributed by atoms with van der Waals surface area (Å²) in [5.41, 5.74) is 0.857. The van der Waals surface area contributed by atoms with E-state index in [9.17, 15) is 32.0 Å². The maximum atomic E-state index is 14.0. The molecular formula is C23H20F5N7O. The van der Waals surface area contributed by atoms with Crippen molar-refractivity contribution >= 4 is 22.5 Å². The lowest BCUT2D eigenvalue weighted by atomic mass is 9.85. The molecule has 0 N–H and O–H groups in total. The Morgan fingerprint density at radius 1 is 1.14 bits per heavy atom. The zero-order valence-corrected chi connectivity index (χ0v) is 19.1. The number of benzene rings is 1. The number of halogens is 5. The number of alkyl halides is 3. The molecule has 0 saturated carbocycles. The van der Waals surface area contributed by atoms with Crippen LogP contribution in [0.1, 0.15) is 30.6 Å². The highest BCUT2D eigenvalue weighted by atomic mass is 19.4. The predicted molar refractivity (Wildman–Crippen MR) is 116 cm³/mol. The summed E-state index contributed by atoms with van der Waals surface area (Å²) >= 11 is 0. The molecule has 36 heavy (non-hydrogen) atoms. The fraction of sp³-hybridized carbons (Fsp3) is 0.435. The molecule has 0 spiro atoms. The normalized spacial score (nSPS) is 20.4. The van der Waals surface area contributed by atoms with E-state index in [4.69, 9.17) is 0 Å². The van der Waals surface area contributed by atoms with Crippen molar-refractivity contribution in [3.63, 3.8) is 0 Å². The number of anilines is 1. The summed E-state index contributed by atoms with van der Waals surface area (Å²) in [7, 11) is 0. The largest absolute Gasteiger partial charge is 0.451 e. The van der Waals surface area contributed by atoms with Gasteiger partial charge in [-0.3, -0.25) is 9.78 Å². The fourth-order valence-electron chi connectivity index (χ4n) is 5.10. The van der Waals surface area contributed by atoms with Crippen molar-refractivity contribution in [3.05, 3.63) is 47.2 Å². The molecule has 188 valence electrons. The molecule has 1 aromatic carbocycles. The molecule has 1 saturated heterocycles. The SMILES string of the molecule is C[C@@H]1CN(c2c(C#N)cnc3cc(F)c(F)cc23)CC[C@@H]1C(=O)N1CCn2c(nnc2C(F)(F)F)C1. The number of piperidine rings is 1. The summed E-state index contributed by atoms with van der Waals surface area (Å²) in [5, 5.41) is 16.8. The predicted octanol–water partition coefficient (Wildman–Crippen LogP) is 3.50. The lowest BCUT2D eigenvalue weighted by Gasteiger charge is -2.40. The number of hydrogen-bond donors (Lipinski definition) is 0. The Labute approximate surface area is 201 Å². The van der Waals surface area contributed by atoms with E-state index < -0.39 is 29.6 Å². The fourth-order valence-corrected chi connectivity index (χ4v) is 5.10. The number of pyridine rings is 1. The maximum Gasteiger partial charge on any atom is 0.451 e. The molecule has 13 heteroatoms. The van der Waals surface area contributed by atoms with Crippen LogP contribution >= 0.6 is 0 Å². The minimum Gasteiger partial charge on any atom is -0.370 e. The molecule has 3 aromatic rings. The molecule has 0 unspecified atom stereocenters. The molecule has 2 aromatic heterocycles. The molecule has 0 bridgehead atoms. The molecule has 2 aliphatic rings. The molecule has 5 rings (SSSR count). The molecule has 8 nitrogen and oxygen atoms in total. The van der Waals surface area contributed by atoms with Gasteiger partial charge in [-0.05, 0) is 18.4 Å². The minimum absolute atomic E-state index is 0.0488. The van der Waals surface area contributed by atoms with E-state index in [1.807, 2.05) is 11.8 Å². The Kier molecular flexibility index (Phi) is 5.77. The quantitative estimate of drug-likeness (QED) is 0.496. The van der Waals surface area contributed by atoms with Crippen molar-refractivity contribution < 1.29 is 26.7 Å². The number of hydrogen-bond acceptors (Lipinski definition) is 6. The van der Waals surface area contributed by atoms with Crippen LogP contribution in [0.2, 0.25) is 0 Å². The number of rotatable bonds is 2. The zero-order valence-electron chi connectivity index (χ0n) is 19.1. The van der Waals surface area contributed by atoms with Gasteiger partial charge in [0.15, 0.2) is 17.5 Å². The summed E-state index contributed by atoms with van der Waals surface area (Å²) in [6.07, 6.45) is -2.89. The first-order valence-corrected chi connectivity index (χ1v) is 11.3. The lowest BCUT2D eigenvalue weighted by Crippen LogP contribution is -2.49. The first kappa shape index (κ1) is 23.9. The van der Waals surface area contributed by atoms with E-state index in [1.165, 1.54) is 11.1 Å². The van der Waals surface area contributed by atoms with Gasteiger partial charge in [0.05, 0.1) is 23.3 Å². The Morgan fingerprint density at radius 2 is 1.89 bits per heavy atom. The van der Waals surface area contributed by atoms with Crippen molar-refractivity contribution in [2.75, 3.05) is 24.5 Å². The third-order valence-electron chi connectivity index (χ3n) is 6.86. The smallest absolute Gasteiger partial charge is 0.370 e. The second kappa shape index (κ2) is 8.69. The standard InChI is InChI=1S/C23H20F5N7O/c1-12-10-33(20-13(8-29)9-30-18-7-17(25)16(24)6-15(18)20)3-2-14(12)21(36)34-4-5-35-19(11-34)31-32-22(35)23(26,27)28/h6-7,9,12,14H,2-5,10-11H2,1H3/t12-,14+/m1/s1. The summed E-state index contributed by atoms with van der Waals surface area (Å²) in [4.78, 5) is 20.8. The average Bonchev–Trinajstić information content (AvgIpc) is 3.27. The number of carbonyl (C=O) groups excluding carboxylic acids is 1. The van der Waals surface area contributed by atoms with E-state index in [-0.39, 0.29) is 48.4 Å². The third kappa shape index (κ3) is 4.00. The first-order valence-electron chi connectivity index (χ1n) is 11.3. The van der Waals surface area contributed by atoms with Gasteiger partial charge >= 0.3 is 6.18 Å². The van der Waals surface area contributed by atoms with Crippen LogP contribution in [-0.2, 0) is 24.1 Å². The third-order valence-corrected chi connectivity index (χ3v) is 6.86. The summed E-state index contributed by atoms with van der Waals surface area (Å²) in [6, 6.07) is 4.05. The van der Waals surface area contributed by atoms with Gasteiger partial charge in [0.25, 0.3) is 0 Å². The van der Waals surface area contributed by atoms with Crippen molar-refractivity contribution in [2.45, 2.75) is 32.6 Å². The van der Waals surface area contributed by atoms with Gasteiger partial charge in [0.2, 0.25) is 11.7 Å². The van der Waals surface area contributed by atoms with Crippen LogP contribution in [0, 0.1) is 34.8 Å². The molecule has 4 heterocycles. The second-order valence-corrected chi connectivity index (χ2v) is 9.08. The topological polar surface area (TPSA) is 90.9 Å². The maximum absolute atomic E-state index is 14.0. The number of carbonyl (C=O) groups is 1. The number of amides is 1. The van der Waals surface area contributed by atoms with Crippen molar-refractivity contribution in [1.82, 2.24) is 24.6 Å². The highest BCUT2D eigenvalue weighted by molar-refractivity contribution is 5.94. The van der Waals surface area contributed by atoms with Gasteiger partial charge < -0.3 is 14.4 Å². The summed E-state index contributed by atoms with van der Waals surface area (Å²) < 4.78 is 68.1. The summed E-state index contributed by atoms with van der Waals surface area (Å²) in [5.74, 6) is -3.84. The molecule has 1 amide bonds. The number of aromatic nitrogens is 4. The molecule has 0 aliphatic carbocycles. The Bertz CT molecular complexity index is 1400. The van der Waals surface area contributed by atoms with Crippen LogP contribution in [0.25, 0.3) is 10.9 Å². The van der Waals surface area contributed by atoms with Gasteiger partial charge in [-0.1, -0.05) is 6.92 Å². The highest BCUT2D eigenvalue weighted by Crippen LogP contribution is 2.36. The van der Waals surface area contributed by atoms with Crippen LogP contribution < -0.4 is 4.90 Å². The van der Waals surface area contributed by atoms with E-state index in [0.29, 0.717) is 30.6 Å². The van der Waals surface area contributed by atoms with E-state index >= 15 is 0 Å². The molecule has 1 fully saturated rings. The van der Waals surface area contributed by atoms with Crippen LogP contribution in [0.3, 0.4) is 0 Å². The van der Waals surface area contributed by atoms with Crippen molar-refractivity contribution in [2.24, 2.45) is 11.8 Å². The molecule has 0 radical (unpaired) electrons. The van der Waals surface area contributed by atoms with Gasteiger partial charge in [0, 0.05) is 49.7 Å². The molecular weight excluding hydrogens is 485 g/mol.